The number of carbonyl (C=O) groups is 1. The number of amides is 1. The molecule has 44 heavy (non-hydrogen) atoms. The normalized spacial score (nSPS) is 17.5. The zero-order valence-electron chi connectivity index (χ0n) is 24.3. The predicted octanol–water partition coefficient (Wildman–Crippen LogP) is 6.84. The first kappa shape index (κ1) is 31.8. The van der Waals surface area contributed by atoms with E-state index in [-0.39, 0.29) is 12.5 Å². The fourth-order valence-electron chi connectivity index (χ4n) is 5.15. The van der Waals surface area contributed by atoms with Crippen molar-refractivity contribution in [2.24, 2.45) is 4.99 Å². The number of halogens is 2. The summed E-state index contributed by atoms with van der Waals surface area (Å²) < 4.78 is 19.5. The quantitative estimate of drug-likeness (QED) is 0.148. The maximum absolute atomic E-state index is 14.4. The van der Waals surface area contributed by atoms with Crippen LogP contribution >= 0.6 is 31.9 Å². The Balaban J connectivity index is 1.51. The second kappa shape index (κ2) is 14.9. The van der Waals surface area contributed by atoms with Crippen LogP contribution in [0.3, 0.4) is 0 Å². The van der Waals surface area contributed by atoms with Crippen LogP contribution in [0.5, 0.6) is 11.5 Å². The molecule has 4 aromatic carbocycles. The van der Waals surface area contributed by atoms with Gasteiger partial charge >= 0.3 is 0 Å². The minimum absolute atomic E-state index is 0.0708. The summed E-state index contributed by atoms with van der Waals surface area (Å²) in [6, 6.07) is 31.0. The van der Waals surface area contributed by atoms with Crippen LogP contribution in [0.1, 0.15) is 34.8 Å². The van der Waals surface area contributed by atoms with Crippen LogP contribution in [0.4, 0.5) is 0 Å². The molecule has 4 aromatic rings. The van der Waals surface area contributed by atoms with Gasteiger partial charge in [-0.1, -0.05) is 74.3 Å². The zero-order chi connectivity index (χ0) is 30.9. The first-order chi connectivity index (χ1) is 21.4. The van der Waals surface area contributed by atoms with Gasteiger partial charge in [0.1, 0.15) is 11.5 Å². The van der Waals surface area contributed by atoms with Crippen molar-refractivity contribution in [3.8, 4) is 11.5 Å². The molecule has 1 aliphatic heterocycles. The molecule has 228 valence electrons. The largest absolute Gasteiger partial charge is 0.497 e. The Morgan fingerprint density at radius 3 is 2.48 bits per heavy atom. The average molecular weight is 722 g/mol. The molecule has 0 bridgehead atoms. The fourth-order valence-corrected chi connectivity index (χ4v) is 5.84. The first-order valence-corrected chi connectivity index (χ1v) is 16.0. The second-order valence-corrected chi connectivity index (χ2v) is 12.2. The Hall–Kier alpha value is -3.66. The van der Waals surface area contributed by atoms with Gasteiger partial charge in [-0.05, 0) is 77.7 Å². The Bertz CT molecular complexity index is 1590. The first-order valence-electron chi connectivity index (χ1n) is 14.4. The lowest BCUT2D eigenvalue weighted by Gasteiger charge is -2.31. The van der Waals surface area contributed by atoms with E-state index >= 15 is 0 Å². The molecule has 2 N–H and O–H groups in total. The van der Waals surface area contributed by atoms with Gasteiger partial charge in [0.2, 0.25) is 5.90 Å². The standard InChI is InChI=1S/C35H34Br2N2O5/c1-42-30-8-4-6-24(22-30)18-19-38-34(41)35(23-27-7-2-3-9-31(27)37)32(25-10-14-28(36)15-11-25)44-33(39-35)26-12-16-29(17-13-26)43-21-5-20-40/h2-4,6-17,22,32,40H,5,18-21,23H2,1H3,(H,38,41)/t32-,35-/m1/s1. The van der Waals surface area contributed by atoms with E-state index in [2.05, 4.69) is 37.2 Å². The highest BCUT2D eigenvalue weighted by molar-refractivity contribution is 9.10. The van der Waals surface area contributed by atoms with Gasteiger partial charge < -0.3 is 24.6 Å². The van der Waals surface area contributed by atoms with Crippen molar-refractivity contribution in [1.82, 2.24) is 5.32 Å². The molecule has 0 fully saturated rings. The Morgan fingerprint density at radius 1 is 0.977 bits per heavy atom. The molecule has 0 aromatic heterocycles. The number of hydrogen-bond donors (Lipinski definition) is 2. The third-order valence-corrected chi connectivity index (χ3v) is 8.76. The second-order valence-electron chi connectivity index (χ2n) is 10.5. The zero-order valence-corrected chi connectivity index (χ0v) is 27.5. The highest BCUT2D eigenvalue weighted by Crippen LogP contribution is 2.43. The van der Waals surface area contributed by atoms with Crippen LogP contribution < -0.4 is 14.8 Å². The molecular formula is C35H34Br2N2O5. The molecule has 2 atom stereocenters. The molecule has 0 saturated carbocycles. The van der Waals surface area contributed by atoms with Crippen LogP contribution in [0.15, 0.2) is 111 Å². The summed E-state index contributed by atoms with van der Waals surface area (Å²) >= 11 is 7.21. The maximum Gasteiger partial charge on any atom is 0.252 e. The summed E-state index contributed by atoms with van der Waals surface area (Å²) in [5.74, 6) is 1.62. The third-order valence-electron chi connectivity index (χ3n) is 7.45. The maximum atomic E-state index is 14.4. The van der Waals surface area contributed by atoms with Crippen molar-refractivity contribution in [2.75, 3.05) is 26.9 Å². The Morgan fingerprint density at radius 2 is 1.75 bits per heavy atom. The van der Waals surface area contributed by atoms with Gasteiger partial charge in [-0.3, -0.25) is 4.79 Å². The molecule has 1 amide bonds. The van der Waals surface area contributed by atoms with Gasteiger partial charge in [-0.15, -0.1) is 0 Å². The number of aliphatic imine (C=N–C) groups is 1. The van der Waals surface area contributed by atoms with Crippen LogP contribution in [-0.4, -0.2) is 49.3 Å². The number of carbonyl (C=O) groups excluding carboxylic acids is 1. The molecule has 5 rings (SSSR count). The van der Waals surface area contributed by atoms with Crippen molar-refractivity contribution in [3.63, 3.8) is 0 Å². The van der Waals surface area contributed by atoms with Crippen molar-refractivity contribution >= 4 is 43.7 Å². The van der Waals surface area contributed by atoms with Crippen molar-refractivity contribution in [1.29, 1.82) is 0 Å². The molecule has 0 unspecified atom stereocenters. The molecule has 9 heteroatoms. The van der Waals surface area contributed by atoms with Gasteiger partial charge in [-0.2, -0.15) is 0 Å². The number of nitrogens with zero attached hydrogens (tertiary/aromatic N) is 1. The highest BCUT2D eigenvalue weighted by Gasteiger charge is 2.53. The summed E-state index contributed by atoms with van der Waals surface area (Å²) in [6.07, 6.45) is 0.810. The Labute approximate surface area is 274 Å². The average Bonchev–Trinajstić information content (AvgIpc) is 3.43. The van der Waals surface area contributed by atoms with Crippen LogP contribution in [-0.2, 0) is 22.4 Å². The lowest BCUT2D eigenvalue weighted by atomic mass is 9.82. The van der Waals surface area contributed by atoms with Gasteiger partial charge in [-0.25, -0.2) is 4.99 Å². The molecule has 7 nitrogen and oxygen atoms in total. The molecule has 1 heterocycles. The molecule has 0 aliphatic carbocycles. The van der Waals surface area contributed by atoms with E-state index in [1.807, 2.05) is 97.1 Å². The number of benzene rings is 4. The van der Waals surface area contributed by atoms with E-state index < -0.39 is 11.6 Å². The SMILES string of the molecule is COc1cccc(CCNC(=O)[C@]2(Cc3ccccc3Br)N=C(c3ccc(OCCCO)cc3)O[C@@H]2c2ccc(Br)cc2)c1. The fraction of sp³-hybridized carbons (Fsp3) is 0.257. The number of nitrogens with one attached hydrogen (secondary N) is 1. The van der Waals surface area contributed by atoms with E-state index in [9.17, 15) is 4.79 Å². The van der Waals surface area contributed by atoms with Crippen LogP contribution in [0.2, 0.25) is 0 Å². The Kier molecular flexibility index (Phi) is 10.7. The number of aliphatic hydroxyl groups is 1. The molecule has 0 radical (unpaired) electrons. The number of ether oxygens (including phenoxy) is 3. The lowest BCUT2D eigenvalue weighted by molar-refractivity contribution is -0.128. The van der Waals surface area contributed by atoms with E-state index in [4.69, 9.17) is 24.3 Å². The molecule has 0 spiro atoms. The summed E-state index contributed by atoms with van der Waals surface area (Å²) in [5, 5.41) is 12.2. The van der Waals surface area contributed by atoms with Crippen LogP contribution in [0.25, 0.3) is 0 Å². The van der Waals surface area contributed by atoms with Crippen molar-refractivity contribution in [2.45, 2.75) is 30.9 Å². The van der Waals surface area contributed by atoms with E-state index in [1.165, 1.54) is 0 Å². The van der Waals surface area contributed by atoms with E-state index in [0.717, 1.165) is 36.9 Å². The minimum atomic E-state index is -1.29. The number of rotatable bonds is 13. The smallest absolute Gasteiger partial charge is 0.252 e. The third kappa shape index (κ3) is 7.52. The topological polar surface area (TPSA) is 89.4 Å². The van der Waals surface area contributed by atoms with Gasteiger partial charge in [0.15, 0.2) is 11.6 Å². The number of hydrogen-bond acceptors (Lipinski definition) is 6. The van der Waals surface area contributed by atoms with Crippen molar-refractivity contribution in [3.05, 3.63) is 128 Å². The van der Waals surface area contributed by atoms with Crippen LogP contribution in [0, 0.1) is 0 Å². The summed E-state index contributed by atoms with van der Waals surface area (Å²) in [7, 11) is 1.64. The lowest BCUT2D eigenvalue weighted by Crippen LogP contribution is -2.50. The monoisotopic (exact) mass is 720 g/mol. The summed E-state index contributed by atoms with van der Waals surface area (Å²) in [5.41, 5.74) is 2.28. The summed E-state index contributed by atoms with van der Waals surface area (Å²) in [6.45, 7) is 0.910. The van der Waals surface area contributed by atoms with Crippen molar-refractivity contribution < 1.29 is 24.1 Å². The molecule has 1 aliphatic rings. The van der Waals surface area contributed by atoms with E-state index in [1.54, 1.807) is 7.11 Å². The van der Waals surface area contributed by atoms with E-state index in [0.29, 0.717) is 44.1 Å². The number of methoxy groups -OCH3 is 1. The highest BCUT2D eigenvalue weighted by atomic mass is 79.9. The predicted molar refractivity (Wildman–Crippen MR) is 178 cm³/mol. The minimum Gasteiger partial charge on any atom is -0.497 e. The molecular weight excluding hydrogens is 688 g/mol. The van der Waals surface area contributed by atoms with Gasteiger partial charge in [0, 0.05) is 40.5 Å². The number of aliphatic hydroxyl groups excluding tert-OH is 1. The van der Waals surface area contributed by atoms with Gasteiger partial charge in [0.25, 0.3) is 5.91 Å². The van der Waals surface area contributed by atoms with Gasteiger partial charge in [0.05, 0.1) is 13.7 Å². The summed E-state index contributed by atoms with van der Waals surface area (Å²) in [4.78, 5) is 19.6. The molecule has 0 saturated heterocycles.